The largest absolute Gasteiger partial charge is 0.316 e. The van der Waals surface area contributed by atoms with Crippen molar-refractivity contribution in [3.63, 3.8) is 0 Å². The lowest BCUT2D eigenvalue weighted by Gasteiger charge is -2.18. The molecule has 88 valence electrons. The summed E-state index contributed by atoms with van der Waals surface area (Å²) in [6.07, 6.45) is 9.21. The van der Waals surface area contributed by atoms with Gasteiger partial charge in [-0.3, -0.25) is 0 Å². The van der Waals surface area contributed by atoms with Gasteiger partial charge in [-0.2, -0.15) is 5.26 Å². The zero-order valence-corrected chi connectivity index (χ0v) is 10.0. The fourth-order valence-electron chi connectivity index (χ4n) is 3.03. The van der Waals surface area contributed by atoms with E-state index in [4.69, 9.17) is 5.26 Å². The van der Waals surface area contributed by atoms with E-state index in [1.165, 1.54) is 45.1 Å². The Morgan fingerprint density at radius 3 is 2.25 bits per heavy atom. The molecule has 2 heteroatoms. The second-order valence-corrected chi connectivity index (χ2v) is 6.30. The molecule has 3 saturated carbocycles. The van der Waals surface area contributed by atoms with Crippen molar-refractivity contribution < 1.29 is 0 Å². The molecule has 0 spiro atoms. The van der Waals surface area contributed by atoms with Crippen LogP contribution in [0.3, 0.4) is 0 Å². The SMILES string of the molecule is N#CCC1(CNCC(C2CC2)C2CC2)CC1. The number of nitrogens with zero attached hydrogens (tertiary/aromatic N) is 1. The second kappa shape index (κ2) is 4.04. The van der Waals surface area contributed by atoms with Crippen LogP contribution >= 0.6 is 0 Å². The molecule has 3 fully saturated rings. The average molecular weight is 218 g/mol. The van der Waals surface area contributed by atoms with Crippen LogP contribution in [-0.2, 0) is 0 Å². The second-order valence-electron chi connectivity index (χ2n) is 6.30. The van der Waals surface area contributed by atoms with E-state index in [1.807, 2.05) is 0 Å². The summed E-state index contributed by atoms with van der Waals surface area (Å²) in [6, 6.07) is 2.34. The van der Waals surface area contributed by atoms with E-state index in [9.17, 15) is 0 Å². The number of nitriles is 1. The Morgan fingerprint density at radius 1 is 1.19 bits per heavy atom. The van der Waals surface area contributed by atoms with Gasteiger partial charge in [-0.1, -0.05) is 0 Å². The Morgan fingerprint density at radius 2 is 1.81 bits per heavy atom. The van der Waals surface area contributed by atoms with Gasteiger partial charge in [-0.05, 0) is 68.2 Å². The van der Waals surface area contributed by atoms with Gasteiger partial charge in [-0.25, -0.2) is 0 Å². The minimum Gasteiger partial charge on any atom is -0.316 e. The summed E-state index contributed by atoms with van der Waals surface area (Å²) in [5, 5.41) is 12.4. The molecule has 0 radical (unpaired) electrons. The van der Waals surface area contributed by atoms with Crippen LogP contribution in [-0.4, -0.2) is 13.1 Å². The van der Waals surface area contributed by atoms with Crippen molar-refractivity contribution in [1.82, 2.24) is 5.32 Å². The number of hydrogen-bond donors (Lipinski definition) is 1. The summed E-state index contributed by atoms with van der Waals surface area (Å²) in [6.45, 7) is 2.32. The Balaban J connectivity index is 1.40. The third-order valence-electron chi connectivity index (χ3n) is 4.75. The minimum atomic E-state index is 0.381. The van der Waals surface area contributed by atoms with Crippen LogP contribution in [0.2, 0.25) is 0 Å². The zero-order chi connectivity index (χ0) is 11.0. The number of rotatable bonds is 7. The summed E-state index contributed by atoms with van der Waals surface area (Å²) < 4.78 is 0. The van der Waals surface area contributed by atoms with Gasteiger partial charge in [0.2, 0.25) is 0 Å². The smallest absolute Gasteiger partial charge is 0.0628 e. The van der Waals surface area contributed by atoms with E-state index < -0.39 is 0 Å². The van der Waals surface area contributed by atoms with E-state index >= 15 is 0 Å². The van der Waals surface area contributed by atoms with Gasteiger partial charge in [0.05, 0.1) is 6.07 Å². The molecule has 0 aromatic heterocycles. The molecule has 0 heterocycles. The van der Waals surface area contributed by atoms with Gasteiger partial charge >= 0.3 is 0 Å². The van der Waals surface area contributed by atoms with Crippen molar-refractivity contribution in [2.24, 2.45) is 23.2 Å². The minimum absolute atomic E-state index is 0.381. The zero-order valence-electron chi connectivity index (χ0n) is 10.0. The number of nitrogens with one attached hydrogen (secondary N) is 1. The Bertz CT molecular complexity index is 280. The Labute approximate surface area is 98.4 Å². The molecule has 0 saturated heterocycles. The summed E-state index contributed by atoms with van der Waals surface area (Å²) in [5.41, 5.74) is 0.381. The van der Waals surface area contributed by atoms with E-state index in [0.29, 0.717) is 5.41 Å². The van der Waals surface area contributed by atoms with Crippen LogP contribution in [0.4, 0.5) is 0 Å². The quantitative estimate of drug-likeness (QED) is 0.713. The summed E-state index contributed by atoms with van der Waals surface area (Å²) in [7, 11) is 0. The highest BCUT2D eigenvalue weighted by Gasteiger charge is 2.44. The van der Waals surface area contributed by atoms with Crippen LogP contribution in [0.1, 0.15) is 44.9 Å². The molecule has 0 aliphatic heterocycles. The molecular formula is C14H22N2. The molecule has 3 aliphatic rings. The van der Waals surface area contributed by atoms with E-state index in [0.717, 1.165) is 30.7 Å². The monoisotopic (exact) mass is 218 g/mol. The fourth-order valence-corrected chi connectivity index (χ4v) is 3.03. The molecule has 2 nitrogen and oxygen atoms in total. The first-order valence-electron chi connectivity index (χ1n) is 6.91. The maximum absolute atomic E-state index is 8.77. The lowest BCUT2D eigenvalue weighted by Crippen LogP contribution is -2.30. The average Bonchev–Trinajstić information content (AvgIpc) is 3.13. The topological polar surface area (TPSA) is 35.8 Å². The third kappa shape index (κ3) is 2.40. The first-order valence-corrected chi connectivity index (χ1v) is 6.91. The van der Waals surface area contributed by atoms with Crippen molar-refractivity contribution >= 4 is 0 Å². The highest BCUT2D eigenvalue weighted by atomic mass is 14.9. The van der Waals surface area contributed by atoms with E-state index in [1.54, 1.807) is 0 Å². The van der Waals surface area contributed by atoms with Gasteiger partial charge in [0.1, 0.15) is 0 Å². The highest BCUT2D eigenvalue weighted by Crippen LogP contribution is 2.50. The first-order chi connectivity index (χ1) is 7.83. The maximum Gasteiger partial charge on any atom is 0.0628 e. The summed E-state index contributed by atoms with van der Waals surface area (Å²) in [4.78, 5) is 0. The molecule has 0 amide bonds. The molecule has 0 atom stereocenters. The van der Waals surface area contributed by atoms with Gasteiger partial charge in [0, 0.05) is 13.0 Å². The summed E-state index contributed by atoms with van der Waals surface area (Å²) >= 11 is 0. The third-order valence-corrected chi connectivity index (χ3v) is 4.75. The van der Waals surface area contributed by atoms with Gasteiger partial charge in [0.15, 0.2) is 0 Å². The maximum atomic E-state index is 8.77. The molecule has 0 unspecified atom stereocenters. The molecule has 0 aromatic carbocycles. The lowest BCUT2D eigenvalue weighted by atomic mass is 9.97. The molecule has 3 aliphatic carbocycles. The summed E-state index contributed by atoms with van der Waals surface area (Å²) in [5.74, 6) is 3.06. The van der Waals surface area contributed by atoms with Crippen LogP contribution in [0.5, 0.6) is 0 Å². The van der Waals surface area contributed by atoms with E-state index in [2.05, 4.69) is 11.4 Å². The molecule has 16 heavy (non-hydrogen) atoms. The Hall–Kier alpha value is -0.550. The lowest BCUT2D eigenvalue weighted by molar-refractivity contribution is 0.355. The predicted molar refractivity (Wildman–Crippen MR) is 63.7 cm³/mol. The first kappa shape index (κ1) is 10.6. The van der Waals surface area contributed by atoms with Crippen molar-refractivity contribution in [3.8, 4) is 6.07 Å². The highest BCUT2D eigenvalue weighted by molar-refractivity contribution is 5.01. The fraction of sp³-hybridized carbons (Fsp3) is 0.929. The van der Waals surface area contributed by atoms with Crippen LogP contribution in [0.15, 0.2) is 0 Å². The Kier molecular flexibility index (Phi) is 2.67. The molecule has 0 aromatic rings. The molecular weight excluding hydrogens is 196 g/mol. The van der Waals surface area contributed by atoms with Crippen LogP contribution < -0.4 is 5.32 Å². The number of hydrogen-bond acceptors (Lipinski definition) is 2. The predicted octanol–water partition coefficient (Wildman–Crippen LogP) is 2.71. The standard InChI is InChI=1S/C14H22N2/c15-8-7-14(5-6-14)10-16-9-13(11-1-2-11)12-3-4-12/h11-13,16H,1-7,9-10H2. The van der Waals surface area contributed by atoms with Crippen molar-refractivity contribution in [2.45, 2.75) is 44.9 Å². The van der Waals surface area contributed by atoms with Crippen molar-refractivity contribution in [3.05, 3.63) is 0 Å². The molecule has 0 bridgehead atoms. The van der Waals surface area contributed by atoms with Crippen molar-refractivity contribution in [2.75, 3.05) is 13.1 Å². The van der Waals surface area contributed by atoms with E-state index in [-0.39, 0.29) is 0 Å². The van der Waals surface area contributed by atoms with Gasteiger partial charge in [0.25, 0.3) is 0 Å². The van der Waals surface area contributed by atoms with Crippen LogP contribution in [0, 0.1) is 34.5 Å². The normalized spacial score (nSPS) is 26.8. The van der Waals surface area contributed by atoms with Crippen LogP contribution in [0.25, 0.3) is 0 Å². The van der Waals surface area contributed by atoms with Gasteiger partial charge < -0.3 is 5.32 Å². The molecule has 3 rings (SSSR count). The molecule has 1 N–H and O–H groups in total. The van der Waals surface area contributed by atoms with Gasteiger partial charge in [-0.15, -0.1) is 0 Å². The van der Waals surface area contributed by atoms with Crippen molar-refractivity contribution in [1.29, 1.82) is 5.26 Å².